The number of aromatic nitrogens is 1. The van der Waals surface area contributed by atoms with Crippen LogP contribution in [0.25, 0.3) is 0 Å². The minimum atomic E-state index is -2.31. The van der Waals surface area contributed by atoms with Gasteiger partial charge in [-0.2, -0.15) is 0 Å². The highest BCUT2D eigenvalue weighted by atomic mass is 16.4. The summed E-state index contributed by atoms with van der Waals surface area (Å²) in [6.07, 6.45) is 1.23. The Morgan fingerprint density at radius 2 is 2.50 bits per heavy atom. The third-order valence-corrected chi connectivity index (χ3v) is 1.08. The zero-order chi connectivity index (χ0) is 10.1. The Morgan fingerprint density at radius 3 is 3.10 bits per heavy atom. The van der Waals surface area contributed by atoms with E-state index in [9.17, 15) is 0 Å². The fourth-order valence-corrected chi connectivity index (χ4v) is 0.607. The predicted molar refractivity (Wildman–Crippen MR) is 38.8 cm³/mol. The SMILES string of the molecule is [2H]C([2H])([2H])c1cc(B(O)O)ccn1. The third kappa shape index (κ3) is 1.56. The smallest absolute Gasteiger partial charge is 0.423 e. The summed E-state index contributed by atoms with van der Waals surface area (Å²) in [6.45, 7) is -2.31. The molecule has 0 saturated carbocycles. The van der Waals surface area contributed by atoms with Crippen LogP contribution >= 0.6 is 0 Å². The van der Waals surface area contributed by atoms with Gasteiger partial charge in [0.1, 0.15) is 0 Å². The van der Waals surface area contributed by atoms with Gasteiger partial charge in [0.2, 0.25) is 0 Å². The molecule has 0 radical (unpaired) electrons. The first-order chi connectivity index (χ1) is 5.91. The molecule has 0 aliphatic rings. The maximum absolute atomic E-state index is 8.76. The van der Waals surface area contributed by atoms with Gasteiger partial charge in [-0.15, -0.1) is 0 Å². The molecule has 1 aromatic rings. The molecule has 2 N–H and O–H groups in total. The molecule has 0 amide bonds. The van der Waals surface area contributed by atoms with E-state index in [0.29, 0.717) is 0 Å². The van der Waals surface area contributed by atoms with Crippen molar-refractivity contribution in [3.63, 3.8) is 0 Å². The third-order valence-electron chi connectivity index (χ3n) is 1.08. The molecular weight excluding hydrogens is 129 g/mol. The molecule has 10 heavy (non-hydrogen) atoms. The van der Waals surface area contributed by atoms with Gasteiger partial charge >= 0.3 is 7.12 Å². The fraction of sp³-hybridized carbons (Fsp3) is 0.167. The number of aryl methyl sites for hydroxylation is 1. The molecule has 1 heterocycles. The summed E-state index contributed by atoms with van der Waals surface area (Å²) >= 11 is 0. The Morgan fingerprint density at radius 1 is 1.70 bits per heavy atom. The minimum Gasteiger partial charge on any atom is -0.423 e. The summed E-state index contributed by atoms with van der Waals surface area (Å²) < 4.78 is 21.1. The molecule has 0 aliphatic heterocycles. The fourth-order valence-electron chi connectivity index (χ4n) is 0.607. The molecule has 0 unspecified atom stereocenters. The lowest BCUT2D eigenvalue weighted by Gasteiger charge is -1.97. The standard InChI is InChI=1S/C6H8BNO2/c1-5-4-6(7(9)10)2-3-8-5/h2-4,9-10H,1H3/i1D3. The Bertz CT molecular complexity index is 302. The van der Waals surface area contributed by atoms with Gasteiger partial charge in [0, 0.05) is 16.0 Å². The normalized spacial score (nSPS) is 15.2. The second kappa shape index (κ2) is 2.81. The van der Waals surface area contributed by atoms with E-state index in [2.05, 4.69) is 4.98 Å². The topological polar surface area (TPSA) is 53.4 Å². The van der Waals surface area contributed by atoms with Crippen LogP contribution in [-0.2, 0) is 0 Å². The number of rotatable bonds is 1. The van der Waals surface area contributed by atoms with Crippen LogP contribution in [0.1, 0.15) is 9.81 Å². The molecule has 0 saturated heterocycles. The Hall–Kier alpha value is -0.865. The van der Waals surface area contributed by atoms with Crippen molar-refractivity contribution in [3.8, 4) is 0 Å². The molecule has 0 aliphatic carbocycles. The maximum atomic E-state index is 8.76. The second-order valence-electron chi connectivity index (χ2n) is 1.85. The zero-order valence-electron chi connectivity index (χ0n) is 8.15. The first-order valence-electron chi connectivity index (χ1n) is 4.24. The van der Waals surface area contributed by atoms with E-state index in [-0.39, 0.29) is 11.2 Å². The molecule has 1 aromatic heterocycles. The van der Waals surface area contributed by atoms with Crippen LogP contribution in [-0.4, -0.2) is 22.2 Å². The monoisotopic (exact) mass is 140 g/mol. The van der Waals surface area contributed by atoms with Crippen molar-refractivity contribution in [2.24, 2.45) is 0 Å². The molecule has 0 spiro atoms. The number of hydrogen-bond donors (Lipinski definition) is 2. The summed E-state index contributed by atoms with van der Waals surface area (Å²) in [6, 6.07) is 2.50. The molecular formula is C6H8BNO2. The van der Waals surface area contributed by atoms with Gasteiger partial charge in [0.05, 0.1) is 0 Å². The average Bonchev–Trinajstić information content (AvgIpc) is 2.03. The summed E-state index contributed by atoms with van der Waals surface area (Å²) in [5.41, 5.74) is -0.0146. The first-order valence-corrected chi connectivity index (χ1v) is 2.74. The van der Waals surface area contributed by atoms with Gasteiger partial charge in [-0.3, -0.25) is 4.98 Å². The van der Waals surface area contributed by atoms with E-state index in [4.69, 9.17) is 14.2 Å². The first kappa shape index (κ1) is 4.11. The molecule has 3 nitrogen and oxygen atoms in total. The van der Waals surface area contributed by atoms with Gasteiger partial charge in [0.15, 0.2) is 0 Å². The van der Waals surface area contributed by atoms with Gasteiger partial charge in [-0.05, 0) is 24.4 Å². The largest absolute Gasteiger partial charge is 0.488 e. The predicted octanol–water partition coefficient (Wildman–Crippen LogP) is -0.930. The van der Waals surface area contributed by atoms with Crippen molar-refractivity contribution in [1.29, 1.82) is 0 Å². The second-order valence-corrected chi connectivity index (χ2v) is 1.85. The van der Waals surface area contributed by atoms with E-state index in [0.717, 1.165) is 6.07 Å². The number of pyridine rings is 1. The van der Waals surface area contributed by atoms with Crippen LogP contribution in [0.15, 0.2) is 18.3 Å². The van der Waals surface area contributed by atoms with E-state index >= 15 is 0 Å². The number of nitrogens with zero attached hydrogens (tertiary/aromatic N) is 1. The lowest BCUT2D eigenvalue weighted by atomic mass is 9.81. The van der Waals surface area contributed by atoms with Gasteiger partial charge in [0.25, 0.3) is 0 Å². The van der Waals surface area contributed by atoms with Crippen molar-refractivity contribution in [2.45, 2.75) is 6.85 Å². The van der Waals surface area contributed by atoms with E-state index < -0.39 is 14.0 Å². The molecule has 4 heteroatoms. The summed E-state index contributed by atoms with van der Waals surface area (Å²) in [4.78, 5) is 3.61. The minimum absolute atomic E-state index is 0.126. The number of hydrogen-bond acceptors (Lipinski definition) is 3. The van der Waals surface area contributed by atoms with E-state index in [1.54, 1.807) is 0 Å². The maximum Gasteiger partial charge on any atom is 0.488 e. The summed E-state index contributed by atoms with van der Waals surface area (Å²) in [5.74, 6) is 0. The molecule has 0 fully saturated rings. The van der Waals surface area contributed by atoms with Crippen LogP contribution in [0.5, 0.6) is 0 Å². The van der Waals surface area contributed by atoms with Crippen LogP contribution < -0.4 is 5.46 Å². The van der Waals surface area contributed by atoms with Crippen molar-refractivity contribution < 1.29 is 14.2 Å². The molecule has 0 aromatic carbocycles. The molecule has 52 valence electrons. The van der Waals surface area contributed by atoms with E-state index in [1.807, 2.05) is 0 Å². The van der Waals surface area contributed by atoms with Crippen LogP contribution in [0, 0.1) is 6.85 Å². The van der Waals surface area contributed by atoms with Crippen molar-refractivity contribution in [2.75, 3.05) is 0 Å². The van der Waals surface area contributed by atoms with E-state index in [1.165, 1.54) is 12.3 Å². The highest BCUT2D eigenvalue weighted by Crippen LogP contribution is 1.87. The Balaban J connectivity index is 3.06. The van der Waals surface area contributed by atoms with Gasteiger partial charge in [-0.1, -0.05) is 0 Å². The summed E-state index contributed by atoms with van der Waals surface area (Å²) in [5, 5.41) is 17.5. The van der Waals surface area contributed by atoms with Gasteiger partial charge in [-0.25, -0.2) is 0 Å². The molecule has 1 rings (SSSR count). The highest BCUT2D eigenvalue weighted by molar-refractivity contribution is 6.58. The average molecular weight is 140 g/mol. The lowest BCUT2D eigenvalue weighted by Crippen LogP contribution is -2.29. The van der Waals surface area contributed by atoms with Crippen molar-refractivity contribution in [1.82, 2.24) is 4.98 Å². The Labute approximate surface area is 63.7 Å². The van der Waals surface area contributed by atoms with Crippen molar-refractivity contribution in [3.05, 3.63) is 24.0 Å². The van der Waals surface area contributed by atoms with Crippen LogP contribution in [0.3, 0.4) is 0 Å². The van der Waals surface area contributed by atoms with Crippen molar-refractivity contribution >= 4 is 12.6 Å². The summed E-state index contributed by atoms with van der Waals surface area (Å²) in [7, 11) is -1.66. The van der Waals surface area contributed by atoms with Gasteiger partial charge < -0.3 is 10.0 Å². The zero-order valence-corrected chi connectivity index (χ0v) is 5.15. The highest BCUT2D eigenvalue weighted by Gasteiger charge is 2.09. The van der Waals surface area contributed by atoms with Crippen LogP contribution in [0.2, 0.25) is 0 Å². The molecule has 0 atom stereocenters. The Kier molecular flexibility index (Phi) is 1.15. The quantitative estimate of drug-likeness (QED) is 0.495. The molecule has 0 bridgehead atoms. The lowest BCUT2D eigenvalue weighted by molar-refractivity contribution is 0.425. The van der Waals surface area contributed by atoms with Crippen LogP contribution in [0.4, 0.5) is 0 Å².